The van der Waals surface area contributed by atoms with E-state index >= 15 is 0 Å². The Morgan fingerprint density at radius 2 is 2.00 bits per heavy atom. The summed E-state index contributed by atoms with van der Waals surface area (Å²) >= 11 is 8.05. The molecule has 3 nitrogen and oxygen atoms in total. The van der Waals surface area contributed by atoms with E-state index < -0.39 is 0 Å². The van der Waals surface area contributed by atoms with Crippen molar-refractivity contribution in [1.82, 2.24) is 9.97 Å². The maximum atomic E-state index is 5.87. The number of halogens is 2. The van der Waals surface area contributed by atoms with Crippen LogP contribution in [0.1, 0.15) is 20.3 Å². The maximum Gasteiger partial charge on any atom is 0.222 e. The van der Waals surface area contributed by atoms with Gasteiger partial charge in [-0.3, -0.25) is 0 Å². The highest BCUT2D eigenvalue weighted by Crippen LogP contribution is 2.11. The van der Waals surface area contributed by atoms with Crippen molar-refractivity contribution in [2.24, 2.45) is 5.92 Å². The van der Waals surface area contributed by atoms with E-state index in [0.29, 0.717) is 17.7 Å². The summed E-state index contributed by atoms with van der Waals surface area (Å²) in [4.78, 5) is 8.37. The number of anilines is 1. The van der Waals surface area contributed by atoms with Crippen molar-refractivity contribution in [2.75, 3.05) is 11.2 Å². The Hall–Kier alpha value is -0.100. The van der Waals surface area contributed by atoms with Crippen molar-refractivity contribution >= 4 is 40.1 Å². The second-order valence-corrected chi connectivity index (χ2v) is 5.40. The summed E-state index contributed by atoms with van der Waals surface area (Å²) in [6, 6.07) is 0.242. The Balaban J connectivity index is 2.54. The van der Waals surface area contributed by atoms with E-state index in [1.165, 1.54) is 0 Å². The Morgan fingerprint density at radius 3 is 2.47 bits per heavy atom. The van der Waals surface area contributed by atoms with Gasteiger partial charge in [0, 0.05) is 27.9 Å². The van der Waals surface area contributed by atoms with Gasteiger partial charge in [-0.2, -0.15) is 0 Å². The van der Waals surface area contributed by atoms with Crippen LogP contribution < -0.4 is 5.32 Å². The first kappa shape index (κ1) is 13.0. The minimum atomic E-state index is 0.242. The number of nitrogens with one attached hydrogen (secondary N) is 1. The molecule has 1 aromatic heterocycles. The van der Waals surface area contributed by atoms with Gasteiger partial charge in [0.1, 0.15) is 0 Å². The predicted molar refractivity (Wildman–Crippen MR) is 72.3 cm³/mol. The van der Waals surface area contributed by atoms with Crippen LogP contribution >= 0.6 is 34.2 Å². The van der Waals surface area contributed by atoms with Crippen molar-refractivity contribution in [3.8, 4) is 0 Å². The fraction of sp³-hybridized carbons (Fsp3) is 0.600. The summed E-state index contributed by atoms with van der Waals surface area (Å²) in [6.45, 7) is 4.35. The van der Waals surface area contributed by atoms with Crippen molar-refractivity contribution in [2.45, 2.75) is 26.3 Å². The number of hydrogen-bond donors (Lipinski definition) is 1. The fourth-order valence-electron chi connectivity index (χ4n) is 1.30. The normalized spacial score (nSPS) is 12.9. The van der Waals surface area contributed by atoms with Crippen LogP contribution in [0.15, 0.2) is 12.4 Å². The number of nitrogens with zero attached hydrogens (tertiary/aromatic N) is 2. The average molecular weight is 340 g/mol. The van der Waals surface area contributed by atoms with Crippen LogP contribution in [0.25, 0.3) is 0 Å². The molecular formula is C10H15ClIN3. The minimum absolute atomic E-state index is 0.242. The van der Waals surface area contributed by atoms with Gasteiger partial charge in [-0.05, 0) is 34.9 Å². The summed E-state index contributed by atoms with van der Waals surface area (Å²) in [6.07, 6.45) is 4.60. The molecule has 84 valence electrons. The lowest BCUT2D eigenvalue weighted by molar-refractivity contribution is 0.540. The molecule has 0 aliphatic rings. The average Bonchev–Trinajstić information content (AvgIpc) is 2.19. The molecule has 1 aromatic rings. The highest BCUT2D eigenvalue weighted by molar-refractivity contribution is 14.1. The van der Waals surface area contributed by atoms with E-state index in [2.05, 4.69) is 51.7 Å². The summed E-state index contributed by atoms with van der Waals surface area (Å²) in [5.41, 5.74) is 0. The Kier molecular flexibility index (Phi) is 5.60. The number of rotatable bonds is 5. The third-order valence-electron chi connectivity index (χ3n) is 1.90. The lowest BCUT2D eigenvalue weighted by Gasteiger charge is -2.17. The quantitative estimate of drug-likeness (QED) is 0.661. The van der Waals surface area contributed by atoms with E-state index in [9.17, 15) is 0 Å². The molecule has 0 aliphatic carbocycles. The van der Waals surface area contributed by atoms with Crippen LogP contribution in [0.2, 0.25) is 0 Å². The maximum absolute atomic E-state index is 5.87. The van der Waals surface area contributed by atoms with E-state index in [1.54, 1.807) is 12.4 Å². The molecule has 0 fully saturated rings. The summed E-state index contributed by atoms with van der Waals surface area (Å²) in [7, 11) is 0. The molecule has 0 saturated carbocycles. The molecule has 0 radical (unpaired) electrons. The zero-order valence-corrected chi connectivity index (χ0v) is 11.8. The first-order valence-corrected chi connectivity index (χ1v) is 6.53. The number of hydrogen-bond acceptors (Lipinski definition) is 3. The summed E-state index contributed by atoms with van der Waals surface area (Å²) in [5, 5.41) is 3.23. The monoisotopic (exact) mass is 339 g/mol. The van der Waals surface area contributed by atoms with Gasteiger partial charge in [0.25, 0.3) is 0 Å². The molecule has 0 aliphatic heterocycles. The highest BCUT2D eigenvalue weighted by Gasteiger charge is 2.10. The van der Waals surface area contributed by atoms with Crippen LogP contribution in [-0.2, 0) is 0 Å². The zero-order valence-electron chi connectivity index (χ0n) is 8.87. The number of aromatic nitrogens is 2. The summed E-state index contributed by atoms with van der Waals surface area (Å²) < 4.78 is 1.03. The second-order valence-electron chi connectivity index (χ2n) is 3.85. The third-order valence-corrected chi connectivity index (χ3v) is 2.83. The second kappa shape index (κ2) is 6.48. The van der Waals surface area contributed by atoms with Crippen molar-refractivity contribution < 1.29 is 0 Å². The van der Waals surface area contributed by atoms with Crippen LogP contribution in [0, 0.1) is 9.49 Å². The van der Waals surface area contributed by atoms with Crippen LogP contribution in [-0.4, -0.2) is 21.9 Å². The molecular weight excluding hydrogens is 324 g/mol. The number of alkyl halides is 1. The van der Waals surface area contributed by atoms with Crippen molar-refractivity contribution in [1.29, 1.82) is 0 Å². The van der Waals surface area contributed by atoms with Crippen LogP contribution in [0.4, 0.5) is 5.95 Å². The van der Waals surface area contributed by atoms with Crippen molar-refractivity contribution in [3.05, 3.63) is 16.0 Å². The Morgan fingerprint density at radius 1 is 1.40 bits per heavy atom. The zero-order chi connectivity index (χ0) is 11.3. The molecule has 0 amide bonds. The fourth-order valence-corrected chi connectivity index (χ4v) is 1.78. The van der Waals surface area contributed by atoms with Gasteiger partial charge < -0.3 is 5.32 Å². The van der Waals surface area contributed by atoms with Crippen LogP contribution in [0.3, 0.4) is 0 Å². The molecule has 0 aromatic carbocycles. The lowest BCUT2D eigenvalue weighted by Crippen LogP contribution is -2.24. The van der Waals surface area contributed by atoms with Gasteiger partial charge in [-0.1, -0.05) is 13.8 Å². The first-order valence-electron chi connectivity index (χ1n) is 4.92. The third kappa shape index (κ3) is 4.97. The minimum Gasteiger partial charge on any atom is -0.350 e. The molecule has 1 unspecified atom stereocenters. The van der Waals surface area contributed by atoms with E-state index in [1.807, 2.05) is 0 Å². The smallest absolute Gasteiger partial charge is 0.222 e. The molecule has 1 N–H and O–H groups in total. The molecule has 0 bridgehead atoms. The SMILES string of the molecule is CC(C)CC(CCl)Nc1ncc(I)cn1. The molecule has 0 spiro atoms. The van der Waals surface area contributed by atoms with E-state index in [4.69, 9.17) is 11.6 Å². The van der Waals surface area contributed by atoms with E-state index in [-0.39, 0.29) is 6.04 Å². The largest absolute Gasteiger partial charge is 0.350 e. The topological polar surface area (TPSA) is 37.8 Å². The lowest BCUT2D eigenvalue weighted by atomic mass is 10.1. The summed E-state index contributed by atoms with van der Waals surface area (Å²) in [5.74, 6) is 1.85. The van der Waals surface area contributed by atoms with Gasteiger partial charge in [0.2, 0.25) is 5.95 Å². The predicted octanol–water partition coefficient (Wildman–Crippen LogP) is 3.15. The van der Waals surface area contributed by atoms with Gasteiger partial charge >= 0.3 is 0 Å². The van der Waals surface area contributed by atoms with Gasteiger partial charge in [-0.15, -0.1) is 11.6 Å². The first-order chi connectivity index (χ1) is 7.11. The van der Waals surface area contributed by atoms with Crippen LogP contribution in [0.5, 0.6) is 0 Å². The van der Waals surface area contributed by atoms with Crippen molar-refractivity contribution in [3.63, 3.8) is 0 Å². The van der Waals surface area contributed by atoms with Gasteiger partial charge in [0.05, 0.1) is 0 Å². The Labute approximate surface area is 109 Å². The highest BCUT2D eigenvalue weighted by atomic mass is 127. The van der Waals surface area contributed by atoms with Gasteiger partial charge in [-0.25, -0.2) is 9.97 Å². The van der Waals surface area contributed by atoms with Gasteiger partial charge in [0.15, 0.2) is 0 Å². The molecule has 1 rings (SSSR count). The molecule has 15 heavy (non-hydrogen) atoms. The Bertz CT molecular complexity index is 289. The molecule has 5 heteroatoms. The van der Waals surface area contributed by atoms with E-state index in [0.717, 1.165) is 9.99 Å². The molecule has 0 saturated heterocycles. The molecule has 1 heterocycles. The standard InChI is InChI=1S/C10H15ClIN3/c1-7(2)3-9(4-11)15-10-13-5-8(12)6-14-10/h5-7,9H,3-4H2,1-2H3,(H,13,14,15). The molecule has 1 atom stereocenters.